The van der Waals surface area contributed by atoms with Crippen molar-refractivity contribution in [2.24, 2.45) is 0 Å². The molecule has 1 aromatic carbocycles. The van der Waals surface area contributed by atoms with Crippen molar-refractivity contribution in [3.05, 3.63) is 23.8 Å². The summed E-state index contributed by atoms with van der Waals surface area (Å²) in [4.78, 5) is 37.0. The van der Waals surface area contributed by atoms with E-state index >= 15 is 0 Å². The number of phenolic OH excluding ortho intramolecular Hbond substituents is 2. The Morgan fingerprint density at radius 1 is 0.738 bits per heavy atom. The highest BCUT2D eigenvalue weighted by Gasteiger charge is 2.22. The average Bonchev–Trinajstić information content (AvgIpc) is 2.96. The molecule has 0 aliphatic heterocycles. The molecule has 1 rings (SSSR count). The van der Waals surface area contributed by atoms with Gasteiger partial charge in [-0.2, -0.15) is 0 Å². The van der Waals surface area contributed by atoms with Crippen LogP contribution in [0.2, 0.25) is 0 Å². The van der Waals surface area contributed by atoms with E-state index in [1.165, 1.54) is 6.07 Å². The lowest BCUT2D eigenvalue weighted by atomic mass is 9.87. The molecule has 0 fully saturated rings. The molecule has 0 unspecified atom stereocenters. The van der Waals surface area contributed by atoms with Crippen molar-refractivity contribution in [3.8, 4) is 11.5 Å². The fourth-order valence-corrected chi connectivity index (χ4v) is 4.71. The van der Waals surface area contributed by atoms with E-state index in [1.54, 1.807) is 6.07 Å². The fraction of sp³-hybridized carbons (Fsp3) is 0.727. The highest BCUT2D eigenvalue weighted by Crippen LogP contribution is 2.32. The minimum absolute atomic E-state index is 0.00597. The van der Waals surface area contributed by atoms with Gasteiger partial charge in [-0.05, 0) is 49.8 Å². The van der Waals surface area contributed by atoms with Crippen LogP contribution in [0.1, 0.15) is 129 Å². The van der Waals surface area contributed by atoms with Gasteiger partial charge in [-0.1, -0.05) is 78.2 Å². The summed E-state index contributed by atoms with van der Waals surface area (Å²) in [5.74, 6) is -1.40. The van der Waals surface area contributed by atoms with Crippen LogP contribution in [0.25, 0.3) is 0 Å². The van der Waals surface area contributed by atoms with Crippen LogP contribution in [0.3, 0.4) is 0 Å². The molecule has 3 atom stereocenters. The van der Waals surface area contributed by atoms with Crippen LogP contribution < -0.4 is 5.32 Å². The number of hydrogen-bond acceptors (Lipinski definition) is 9. The lowest BCUT2D eigenvalue weighted by molar-refractivity contribution is -0.166. The standard InChI is InChI=1S/C33H55NO8/c1-5-8-11-13-16-31(37)40-23-27(42-33(39)17-14-12-9-6-2)24-41-32(38)20-21-34-25(4)28(15-10-7-3)26-18-19-29(35)30(36)22-26/h18-19,22,25,27-28,34-36H,5-17,20-21,23-24H2,1-4H3/t25-,27-,28+/m0/s1. The van der Waals surface area contributed by atoms with Crippen LogP contribution in [0, 0.1) is 0 Å². The largest absolute Gasteiger partial charge is 0.504 e. The molecule has 0 amide bonds. The van der Waals surface area contributed by atoms with E-state index in [2.05, 4.69) is 26.1 Å². The van der Waals surface area contributed by atoms with Gasteiger partial charge in [0.1, 0.15) is 13.2 Å². The summed E-state index contributed by atoms with van der Waals surface area (Å²) in [6, 6.07) is 4.90. The first-order valence-corrected chi connectivity index (χ1v) is 16.0. The Morgan fingerprint density at radius 2 is 1.31 bits per heavy atom. The molecule has 9 heteroatoms. The first kappa shape index (κ1) is 37.2. The third-order valence-electron chi connectivity index (χ3n) is 7.32. The van der Waals surface area contributed by atoms with Gasteiger partial charge in [0.15, 0.2) is 17.6 Å². The number of ether oxygens (including phenoxy) is 3. The summed E-state index contributed by atoms with van der Waals surface area (Å²) in [5.41, 5.74) is 0.917. The Kier molecular flexibility index (Phi) is 20.2. The maximum Gasteiger partial charge on any atom is 0.307 e. The highest BCUT2D eigenvalue weighted by atomic mass is 16.6. The summed E-state index contributed by atoms with van der Waals surface area (Å²) < 4.78 is 16.2. The number of aromatic hydroxyl groups is 2. The number of carbonyl (C=O) groups is 3. The smallest absolute Gasteiger partial charge is 0.307 e. The van der Waals surface area contributed by atoms with Gasteiger partial charge in [-0.25, -0.2) is 0 Å². The van der Waals surface area contributed by atoms with Crippen LogP contribution in [-0.4, -0.2) is 60.0 Å². The zero-order valence-electron chi connectivity index (χ0n) is 26.3. The van der Waals surface area contributed by atoms with Crippen molar-refractivity contribution >= 4 is 17.9 Å². The van der Waals surface area contributed by atoms with E-state index in [0.717, 1.165) is 76.2 Å². The van der Waals surface area contributed by atoms with Crippen molar-refractivity contribution in [1.29, 1.82) is 0 Å². The first-order valence-electron chi connectivity index (χ1n) is 16.0. The number of hydrogen-bond donors (Lipinski definition) is 3. The number of carbonyl (C=O) groups excluding carboxylic acids is 3. The maximum atomic E-state index is 12.5. The molecule has 0 spiro atoms. The minimum Gasteiger partial charge on any atom is -0.504 e. The molecule has 240 valence electrons. The molecule has 42 heavy (non-hydrogen) atoms. The Bertz CT molecular complexity index is 906. The second kappa shape index (κ2) is 22.7. The van der Waals surface area contributed by atoms with Gasteiger partial charge in [0.25, 0.3) is 0 Å². The lowest BCUT2D eigenvalue weighted by Gasteiger charge is -2.26. The summed E-state index contributed by atoms with van der Waals surface area (Å²) in [6.07, 6.45) is 10.4. The SMILES string of the molecule is CCCCCCC(=O)OC[C@@H](COC(=O)CCN[C@@H](C)[C@@H](CCCC)c1ccc(O)c(O)c1)OC(=O)CCCCCC. The summed E-state index contributed by atoms with van der Waals surface area (Å²) >= 11 is 0. The summed E-state index contributed by atoms with van der Waals surface area (Å²) in [7, 11) is 0. The fourth-order valence-electron chi connectivity index (χ4n) is 4.71. The quantitative estimate of drug-likeness (QED) is 0.0520. The molecule has 3 N–H and O–H groups in total. The second-order valence-electron chi connectivity index (χ2n) is 11.1. The molecular formula is C33H55NO8. The Labute approximate surface area is 252 Å². The normalized spacial score (nSPS) is 13.2. The summed E-state index contributed by atoms with van der Waals surface area (Å²) in [5, 5.41) is 23.0. The van der Waals surface area contributed by atoms with Crippen LogP contribution >= 0.6 is 0 Å². The Hall–Kier alpha value is -2.81. The predicted molar refractivity (Wildman–Crippen MR) is 163 cm³/mol. The predicted octanol–water partition coefficient (Wildman–Crippen LogP) is 6.68. The molecule has 9 nitrogen and oxygen atoms in total. The minimum atomic E-state index is -0.848. The number of benzene rings is 1. The number of esters is 3. The first-order chi connectivity index (χ1) is 20.2. The van der Waals surface area contributed by atoms with Gasteiger partial charge in [0.05, 0.1) is 6.42 Å². The molecule has 0 bridgehead atoms. The van der Waals surface area contributed by atoms with Gasteiger partial charge >= 0.3 is 17.9 Å². The zero-order valence-corrected chi connectivity index (χ0v) is 26.3. The maximum absolute atomic E-state index is 12.5. The Balaban J connectivity index is 2.60. The number of phenols is 2. The van der Waals surface area contributed by atoms with Gasteiger partial charge in [-0.3, -0.25) is 14.4 Å². The van der Waals surface area contributed by atoms with Crippen LogP contribution in [0.4, 0.5) is 0 Å². The Morgan fingerprint density at radius 3 is 1.88 bits per heavy atom. The van der Waals surface area contributed by atoms with Crippen molar-refractivity contribution in [2.45, 2.75) is 136 Å². The van der Waals surface area contributed by atoms with E-state index in [4.69, 9.17) is 14.2 Å². The second-order valence-corrected chi connectivity index (χ2v) is 11.1. The van der Waals surface area contributed by atoms with Crippen molar-refractivity contribution < 1.29 is 38.8 Å². The highest BCUT2D eigenvalue weighted by molar-refractivity contribution is 5.71. The number of rotatable bonds is 24. The van der Waals surface area contributed by atoms with Crippen LogP contribution in [0.15, 0.2) is 18.2 Å². The van der Waals surface area contributed by atoms with Crippen LogP contribution in [0.5, 0.6) is 11.5 Å². The molecular weight excluding hydrogens is 538 g/mol. The van der Waals surface area contributed by atoms with E-state index < -0.39 is 12.1 Å². The average molecular weight is 594 g/mol. The molecule has 0 saturated heterocycles. The summed E-state index contributed by atoms with van der Waals surface area (Å²) in [6.45, 7) is 8.40. The topological polar surface area (TPSA) is 131 Å². The van der Waals surface area contributed by atoms with E-state index in [9.17, 15) is 24.6 Å². The van der Waals surface area contributed by atoms with Gasteiger partial charge in [0, 0.05) is 25.4 Å². The van der Waals surface area contributed by atoms with Crippen molar-refractivity contribution in [2.75, 3.05) is 19.8 Å². The zero-order chi connectivity index (χ0) is 31.2. The van der Waals surface area contributed by atoms with Gasteiger partial charge < -0.3 is 29.7 Å². The molecule has 0 radical (unpaired) electrons. The van der Waals surface area contributed by atoms with E-state index in [-0.39, 0.29) is 61.5 Å². The third-order valence-corrected chi connectivity index (χ3v) is 7.32. The molecule has 0 aliphatic carbocycles. The van der Waals surface area contributed by atoms with E-state index in [1.807, 2.05) is 13.0 Å². The van der Waals surface area contributed by atoms with Gasteiger partial charge in [0.2, 0.25) is 0 Å². The molecule has 0 aliphatic rings. The monoisotopic (exact) mass is 593 g/mol. The van der Waals surface area contributed by atoms with Crippen LogP contribution in [-0.2, 0) is 28.6 Å². The molecule has 0 saturated carbocycles. The number of unbranched alkanes of at least 4 members (excludes halogenated alkanes) is 7. The number of nitrogens with one attached hydrogen (secondary N) is 1. The molecule has 0 heterocycles. The van der Waals surface area contributed by atoms with Crippen molar-refractivity contribution in [1.82, 2.24) is 5.32 Å². The molecule has 0 aromatic heterocycles. The molecule has 1 aromatic rings. The third kappa shape index (κ3) is 16.6. The van der Waals surface area contributed by atoms with E-state index in [0.29, 0.717) is 13.0 Å². The lowest BCUT2D eigenvalue weighted by Crippen LogP contribution is -2.35. The van der Waals surface area contributed by atoms with Crippen molar-refractivity contribution in [3.63, 3.8) is 0 Å². The van der Waals surface area contributed by atoms with Gasteiger partial charge in [-0.15, -0.1) is 0 Å².